The summed E-state index contributed by atoms with van der Waals surface area (Å²) >= 11 is 8.67. The lowest BCUT2D eigenvalue weighted by molar-refractivity contribution is 0.283. The minimum Gasteiger partial charge on any atom is -0.493 e. The van der Waals surface area contributed by atoms with Crippen LogP contribution in [0.25, 0.3) is 10.8 Å². The number of thiocarbonyl (C=S) groups is 1. The van der Waals surface area contributed by atoms with E-state index in [1.807, 2.05) is 37.3 Å². The summed E-state index contributed by atoms with van der Waals surface area (Å²) in [7, 11) is 1.62. The molecule has 3 aromatic carbocycles. The van der Waals surface area contributed by atoms with Crippen molar-refractivity contribution in [3.8, 4) is 11.5 Å². The van der Waals surface area contributed by atoms with E-state index in [4.69, 9.17) is 21.7 Å². The van der Waals surface area contributed by atoms with Gasteiger partial charge in [0.05, 0.1) is 17.8 Å². The maximum absolute atomic E-state index is 6.12. The number of benzene rings is 3. The van der Waals surface area contributed by atoms with Gasteiger partial charge in [0, 0.05) is 6.54 Å². The molecule has 0 bridgehead atoms. The summed E-state index contributed by atoms with van der Waals surface area (Å²) in [6.07, 6.45) is 1.67. The van der Waals surface area contributed by atoms with Crippen molar-refractivity contribution >= 4 is 50.2 Å². The molecule has 3 rings (SSSR count). The Hall–Kier alpha value is -2.64. The number of fused-ring (bicyclic) bond motifs is 1. The monoisotopic (exact) mass is 471 g/mol. The number of rotatable bonds is 7. The molecule has 0 saturated heterocycles. The van der Waals surface area contributed by atoms with Crippen LogP contribution >= 0.6 is 28.1 Å². The highest BCUT2D eigenvalue weighted by Crippen LogP contribution is 2.37. The lowest BCUT2D eigenvalue weighted by Gasteiger charge is -2.14. The van der Waals surface area contributed by atoms with Crippen LogP contribution in [0.5, 0.6) is 11.5 Å². The van der Waals surface area contributed by atoms with Crippen LogP contribution in [0, 0.1) is 0 Å². The minimum absolute atomic E-state index is 0.433. The Morgan fingerprint density at radius 3 is 2.76 bits per heavy atom. The molecule has 0 heterocycles. The third-order valence-corrected chi connectivity index (χ3v) is 5.05. The van der Waals surface area contributed by atoms with Gasteiger partial charge in [-0.15, -0.1) is 0 Å². The highest BCUT2D eigenvalue weighted by molar-refractivity contribution is 9.10. The van der Waals surface area contributed by atoms with Gasteiger partial charge in [-0.2, -0.15) is 5.10 Å². The molecule has 0 radical (unpaired) electrons. The van der Waals surface area contributed by atoms with Crippen molar-refractivity contribution in [1.82, 2.24) is 10.7 Å². The van der Waals surface area contributed by atoms with E-state index in [1.54, 1.807) is 13.3 Å². The van der Waals surface area contributed by atoms with Crippen molar-refractivity contribution in [3.05, 3.63) is 70.2 Å². The third-order valence-electron chi connectivity index (χ3n) is 4.22. The van der Waals surface area contributed by atoms with E-state index in [1.165, 1.54) is 10.8 Å². The maximum Gasteiger partial charge on any atom is 0.186 e. The lowest BCUT2D eigenvalue weighted by Crippen LogP contribution is -2.31. The van der Waals surface area contributed by atoms with Crippen molar-refractivity contribution < 1.29 is 9.47 Å². The molecule has 0 aliphatic heterocycles. The minimum atomic E-state index is 0.433. The van der Waals surface area contributed by atoms with Crippen LogP contribution in [0.15, 0.2) is 64.2 Å². The second kappa shape index (κ2) is 10.2. The molecular formula is C22H22BrN3O2S. The molecular weight excluding hydrogens is 450 g/mol. The molecule has 0 aromatic heterocycles. The lowest BCUT2D eigenvalue weighted by atomic mass is 10.1. The largest absolute Gasteiger partial charge is 0.493 e. The van der Waals surface area contributed by atoms with Crippen LogP contribution in [0.3, 0.4) is 0 Å². The van der Waals surface area contributed by atoms with Gasteiger partial charge in [-0.25, -0.2) is 0 Å². The molecule has 29 heavy (non-hydrogen) atoms. The maximum atomic E-state index is 6.12. The summed E-state index contributed by atoms with van der Waals surface area (Å²) < 4.78 is 12.4. The fourth-order valence-electron chi connectivity index (χ4n) is 2.89. The standard InChI is InChI=1S/C22H22BrN3O2S/c1-3-24-22(29)26-25-13-15-11-19(23)21(20(12-15)27-2)28-14-17-9-6-8-16-7-4-5-10-18(16)17/h4-13H,3,14H2,1-2H3,(H2,24,26,29)/b25-13+. The fourth-order valence-corrected chi connectivity index (χ4v) is 3.66. The highest BCUT2D eigenvalue weighted by Gasteiger charge is 2.12. The predicted octanol–water partition coefficient (Wildman–Crippen LogP) is 5.01. The molecule has 150 valence electrons. The number of halogens is 1. The zero-order chi connectivity index (χ0) is 20.6. The molecule has 3 aromatic rings. The van der Waals surface area contributed by atoms with Crippen molar-refractivity contribution in [3.63, 3.8) is 0 Å². The Morgan fingerprint density at radius 2 is 1.97 bits per heavy atom. The van der Waals surface area contributed by atoms with E-state index in [-0.39, 0.29) is 0 Å². The smallest absolute Gasteiger partial charge is 0.186 e. The number of methoxy groups -OCH3 is 1. The quantitative estimate of drug-likeness (QED) is 0.288. The van der Waals surface area contributed by atoms with Crippen molar-refractivity contribution in [1.29, 1.82) is 0 Å². The Labute approximate surface area is 184 Å². The van der Waals surface area contributed by atoms with E-state index in [2.05, 4.69) is 56.0 Å². The van der Waals surface area contributed by atoms with E-state index < -0.39 is 0 Å². The average molecular weight is 472 g/mol. The average Bonchev–Trinajstić information content (AvgIpc) is 2.73. The summed E-state index contributed by atoms with van der Waals surface area (Å²) in [6, 6.07) is 18.3. The van der Waals surface area contributed by atoms with Gasteiger partial charge in [0.1, 0.15) is 6.61 Å². The molecule has 0 unspecified atom stereocenters. The number of hydrazone groups is 1. The predicted molar refractivity (Wildman–Crippen MR) is 126 cm³/mol. The van der Waals surface area contributed by atoms with Gasteiger partial charge in [-0.3, -0.25) is 5.43 Å². The van der Waals surface area contributed by atoms with Crippen LogP contribution in [-0.2, 0) is 6.61 Å². The zero-order valence-electron chi connectivity index (χ0n) is 16.2. The first-order valence-electron chi connectivity index (χ1n) is 9.16. The van der Waals surface area contributed by atoms with Crippen LogP contribution in [0.2, 0.25) is 0 Å². The Balaban J connectivity index is 1.77. The number of hydrogen-bond acceptors (Lipinski definition) is 4. The van der Waals surface area contributed by atoms with Crippen LogP contribution in [-0.4, -0.2) is 25.0 Å². The molecule has 2 N–H and O–H groups in total. The number of nitrogens with one attached hydrogen (secondary N) is 2. The summed E-state index contributed by atoms with van der Waals surface area (Å²) in [5.74, 6) is 1.27. The second-order valence-corrected chi connectivity index (χ2v) is 7.45. The van der Waals surface area contributed by atoms with Gasteiger partial charge in [0.25, 0.3) is 0 Å². The topological polar surface area (TPSA) is 54.9 Å². The Morgan fingerprint density at radius 1 is 1.17 bits per heavy atom. The van der Waals surface area contributed by atoms with Gasteiger partial charge in [0.2, 0.25) is 0 Å². The number of nitrogens with zero attached hydrogens (tertiary/aromatic N) is 1. The molecule has 0 atom stereocenters. The van der Waals surface area contributed by atoms with Gasteiger partial charge >= 0.3 is 0 Å². The van der Waals surface area contributed by atoms with E-state index in [9.17, 15) is 0 Å². The van der Waals surface area contributed by atoms with Crippen LogP contribution in [0.4, 0.5) is 0 Å². The molecule has 0 aliphatic carbocycles. The van der Waals surface area contributed by atoms with E-state index in [0.29, 0.717) is 23.2 Å². The van der Waals surface area contributed by atoms with E-state index in [0.717, 1.165) is 22.1 Å². The highest BCUT2D eigenvalue weighted by atomic mass is 79.9. The SMILES string of the molecule is CCNC(=S)N/N=C/c1cc(Br)c(OCc2cccc3ccccc23)c(OC)c1. The first-order valence-corrected chi connectivity index (χ1v) is 10.4. The summed E-state index contributed by atoms with van der Waals surface area (Å²) in [4.78, 5) is 0. The third kappa shape index (κ3) is 5.46. The van der Waals surface area contributed by atoms with Crippen molar-refractivity contribution in [2.75, 3.05) is 13.7 Å². The van der Waals surface area contributed by atoms with Crippen molar-refractivity contribution in [2.45, 2.75) is 13.5 Å². The molecule has 0 amide bonds. The summed E-state index contributed by atoms with van der Waals surface area (Å²) in [6.45, 7) is 3.14. The van der Waals surface area contributed by atoms with Gasteiger partial charge in [-0.05, 0) is 69.1 Å². The number of hydrogen-bond donors (Lipinski definition) is 2. The molecule has 0 fully saturated rings. The van der Waals surface area contributed by atoms with E-state index >= 15 is 0 Å². The zero-order valence-corrected chi connectivity index (χ0v) is 18.6. The summed E-state index contributed by atoms with van der Waals surface area (Å²) in [5, 5.41) is 9.95. The Bertz CT molecular complexity index is 1030. The summed E-state index contributed by atoms with van der Waals surface area (Å²) in [5.41, 5.74) is 4.73. The number of ether oxygens (including phenoxy) is 2. The molecule has 0 aliphatic rings. The molecule has 7 heteroatoms. The Kier molecular flexibility index (Phi) is 7.43. The fraction of sp³-hybridized carbons (Fsp3) is 0.182. The first kappa shape index (κ1) is 21.1. The first-order chi connectivity index (χ1) is 14.1. The molecule has 0 spiro atoms. The van der Waals surface area contributed by atoms with Gasteiger partial charge in [0.15, 0.2) is 16.6 Å². The van der Waals surface area contributed by atoms with Crippen LogP contribution in [0.1, 0.15) is 18.1 Å². The molecule has 5 nitrogen and oxygen atoms in total. The van der Waals surface area contributed by atoms with Crippen LogP contribution < -0.4 is 20.2 Å². The van der Waals surface area contributed by atoms with Crippen molar-refractivity contribution in [2.24, 2.45) is 5.10 Å². The van der Waals surface area contributed by atoms with Gasteiger partial charge in [-0.1, -0.05) is 42.5 Å². The second-order valence-electron chi connectivity index (χ2n) is 6.19. The normalized spacial score (nSPS) is 10.9. The van der Waals surface area contributed by atoms with Gasteiger partial charge < -0.3 is 14.8 Å². The molecule has 0 saturated carbocycles.